The van der Waals surface area contributed by atoms with E-state index in [4.69, 9.17) is 0 Å². The zero-order valence-electron chi connectivity index (χ0n) is 13.1. The summed E-state index contributed by atoms with van der Waals surface area (Å²) in [6.07, 6.45) is 3.70. The lowest BCUT2D eigenvalue weighted by atomic mass is 9.81. The van der Waals surface area contributed by atoms with Gasteiger partial charge in [-0.1, -0.05) is 13.8 Å². The van der Waals surface area contributed by atoms with Crippen molar-refractivity contribution in [2.24, 2.45) is 5.41 Å². The standard InChI is InChI=1S/C15H29N3O2/c1-4-8-17-13(19)11-18(10-5-2)14(20)15(3)7-6-9-16-12-15/h16H,4-12H2,1-3H3,(H,17,19). The van der Waals surface area contributed by atoms with Crippen molar-refractivity contribution in [3.63, 3.8) is 0 Å². The summed E-state index contributed by atoms with van der Waals surface area (Å²) in [5.41, 5.74) is -0.363. The Kier molecular flexibility index (Phi) is 6.99. The fourth-order valence-corrected chi connectivity index (χ4v) is 2.64. The molecule has 1 aliphatic rings. The molecule has 0 aromatic carbocycles. The van der Waals surface area contributed by atoms with Gasteiger partial charge in [-0.2, -0.15) is 0 Å². The molecule has 0 spiro atoms. The van der Waals surface area contributed by atoms with E-state index < -0.39 is 0 Å². The van der Waals surface area contributed by atoms with Crippen LogP contribution in [0.2, 0.25) is 0 Å². The highest BCUT2D eigenvalue weighted by molar-refractivity contribution is 5.88. The molecule has 116 valence electrons. The van der Waals surface area contributed by atoms with E-state index in [1.807, 2.05) is 20.8 Å². The van der Waals surface area contributed by atoms with Crippen molar-refractivity contribution in [1.29, 1.82) is 0 Å². The zero-order valence-corrected chi connectivity index (χ0v) is 13.1. The number of nitrogens with one attached hydrogen (secondary N) is 2. The highest BCUT2D eigenvalue weighted by Gasteiger charge is 2.37. The van der Waals surface area contributed by atoms with Gasteiger partial charge in [0.1, 0.15) is 0 Å². The molecule has 1 saturated heterocycles. The molecular weight excluding hydrogens is 254 g/mol. The van der Waals surface area contributed by atoms with Crippen molar-refractivity contribution < 1.29 is 9.59 Å². The van der Waals surface area contributed by atoms with Crippen molar-refractivity contribution in [1.82, 2.24) is 15.5 Å². The maximum atomic E-state index is 12.7. The van der Waals surface area contributed by atoms with E-state index in [2.05, 4.69) is 10.6 Å². The Bertz CT molecular complexity index is 325. The van der Waals surface area contributed by atoms with Crippen LogP contribution < -0.4 is 10.6 Å². The van der Waals surface area contributed by atoms with E-state index in [0.717, 1.165) is 32.2 Å². The first-order valence-electron chi connectivity index (χ1n) is 7.80. The zero-order chi connectivity index (χ0) is 15.0. The second-order valence-corrected chi connectivity index (χ2v) is 5.92. The summed E-state index contributed by atoms with van der Waals surface area (Å²) < 4.78 is 0. The molecule has 20 heavy (non-hydrogen) atoms. The summed E-state index contributed by atoms with van der Waals surface area (Å²) in [5.74, 6) is 0.0548. The molecule has 0 bridgehead atoms. The normalized spacial score (nSPS) is 22.4. The molecule has 1 aliphatic heterocycles. The van der Waals surface area contributed by atoms with Crippen LogP contribution in [0.15, 0.2) is 0 Å². The number of rotatable bonds is 7. The molecule has 0 saturated carbocycles. The van der Waals surface area contributed by atoms with Gasteiger partial charge in [0.15, 0.2) is 0 Å². The second kappa shape index (κ2) is 8.25. The molecule has 5 nitrogen and oxygen atoms in total. The number of amides is 2. The Morgan fingerprint density at radius 3 is 2.60 bits per heavy atom. The van der Waals surface area contributed by atoms with Crippen LogP contribution in [0.5, 0.6) is 0 Å². The number of hydrogen-bond donors (Lipinski definition) is 2. The molecule has 0 radical (unpaired) electrons. The van der Waals surface area contributed by atoms with E-state index in [0.29, 0.717) is 19.6 Å². The molecule has 2 amide bonds. The average Bonchev–Trinajstić information content (AvgIpc) is 2.44. The van der Waals surface area contributed by atoms with Crippen LogP contribution in [-0.2, 0) is 9.59 Å². The Morgan fingerprint density at radius 2 is 2.05 bits per heavy atom. The van der Waals surface area contributed by atoms with E-state index in [9.17, 15) is 9.59 Å². The number of carbonyl (C=O) groups is 2. The Balaban J connectivity index is 2.63. The highest BCUT2D eigenvalue weighted by Crippen LogP contribution is 2.28. The number of piperidine rings is 1. The Morgan fingerprint density at radius 1 is 1.30 bits per heavy atom. The van der Waals surface area contributed by atoms with Gasteiger partial charge in [-0.25, -0.2) is 0 Å². The third kappa shape index (κ3) is 4.78. The number of hydrogen-bond acceptors (Lipinski definition) is 3. The molecule has 0 aromatic heterocycles. The maximum Gasteiger partial charge on any atom is 0.239 e. The molecule has 1 heterocycles. The minimum absolute atomic E-state index is 0.0546. The summed E-state index contributed by atoms with van der Waals surface area (Å²) in [7, 11) is 0. The van der Waals surface area contributed by atoms with E-state index in [1.54, 1.807) is 4.90 Å². The number of nitrogens with zero attached hydrogens (tertiary/aromatic N) is 1. The van der Waals surface area contributed by atoms with Crippen molar-refractivity contribution in [2.45, 2.75) is 46.5 Å². The van der Waals surface area contributed by atoms with Gasteiger partial charge in [-0.3, -0.25) is 9.59 Å². The summed E-state index contributed by atoms with van der Waals surface area (Å²) in [4.78, 5) is 26.3. The summed E-state index contributed by atoms with van der Waals surface area (Å²) >= 11 is 0. The van der Waals surface area contributed by atoms with Crippen molar-refractivity contribution >= 4 is 11.8 Å². The van der Waals surface area contributed by atoms with E-state index in [1.165, 1.54) is 0 Å². The summed E-state index contributed by atoms with van der Waals surface area (Å²) in [5, 5.41) is 6.14. The molecule has 1 unspecified atom stereocenters. The van der Waals surface area contributed by atoms with Crippen LogP contribution >= 0.6 is 0 Å². The van der Waals surface area contributed by atoms with Crippen LogP contribution in [0.1, 0.15) is 46.5 Å². The van der Waals surface area contributed by atoms with Gasteiger partial charge in [0, 0.05) is 19.6 Å². The largest absolute Gasteiger partial charge is 0.355 e. The molecular formula is C15H29N3O2. The van der Waals surface area contributed by atoms with E-state index >= 15 is 0 Å². The molecule has 2 N–H and O–H groups in total. The third-order valence-corrected chi connectivity index (χ3v) is 3.80. The van der Waals surface area contributed by atoms with Gasteiger partial charge in [-0.15, -0.1) is 0 Å². The van der Waals surface area contributed by atoms with Gasteiger partial charge in [0.05, 0.1) is 12.0 Å². The second-order valence-electron chi connectivity index (χ2n) is 5.92. The monoisotopic (exact) mass is 283 g/mol. The van der Waals surface area contributed by atoms with Crippen LogP contribution in [-0.4, -0.2) is 49.4 Å². The molecule has 1 rings (SSSR count). The highest BCUT2D eigenvalue weighted by atomic mass is 16.2. The lowest BCUT2D eigenvalue weighted by molar-refractivity contribution is -0.145. The molecule has 1 fully saturated rings. The first-order valence-corrected chi connectivity index (χ1v) is 7.80. The van der Waals surface area contributed by atoms with Gasteiger partial charge in [0.25, 0.3) is 0 Å². The fraction of sp³-hybridized carbons (Fsp3) is 0.867. The van der Waals surface area contributed by atoms with Gasteiger partial charge in [-0.05, 0) is 39.2 Å². The molecule has 0 aliphatic carbocycles. The van der Waals surface area contributed by atoms with Crippen molar-refractivity contribution in [2.75, 3.05) is 32.7 Å². The summed E-state index contributed by atoms with van der Waals surface area (Å²) in [6, 6.07) is 0. The molecule has 0 aromatic rings. The van der Waals surface area contributed by atoms with Crippen LogP contribution in [0.4, 0.5) is 0 Å². The topological polar surface area (TPSA) is 61.4 Å². The van der Waals surface area contributed by atoms with Gasteiger partial charge < -0.3 is 15.5 Å². The van der Waals surface area contributed by atoms with Gasteiger partial charge in [0.2, 0.25) is 11.8 Å². The predicted molar refractivity (Wildman–Crippen MR) is 80.4 cm³/mol. The van der Waals surface area contributed by atoms with Crippen LogP contribution in [0, 0.1) is 5.41 Å². The third-order valence-electron chi connectivity index (χ3n) is 3.80. The SMILES string of the molecule is CCCNC(=O)CN(CCC)C(=O)C1(C)CCCNC1. The molecule has 1 atom stereocenters. The maximum absolute atomic E-state index is 12.7. The quantitative estimate of drug-likeness (QED) is 0.736. The number of carbonyl (C=O) groups excluding carboxylic acids is 2. The van der Waals surface area contributed by atoms with Crippen molar-refractivity contribution in [3.8, 4) is 0 Å². The average molecular weight is 283 g/mol. The predicted octanol–water partition coefficient (Wildman–Crippen LogP) is 1.14. The minimum Gasteiger partial charge on any atom is -0.355 e. The minimum atomic E-state index is -0.363. The molecule has 5 heteroatoms. The first kappa shape index (κ1) is 17.0. The Hall–Kier alpha value is -1.10. The van der Waals surface area contributed by atoms with Gasteiger partial charge >= 0.3 is 0 Å². The van der Waals surface area contributed by atoms with Crippen molar-refractivity contribution in [3.05, 3.63) is 0 Å². The fourth-order valence-electron chi connectivity index (χ4n) is 2.64. The lowest BCUT2D eigenvalue weighted by Crippen LogP contribution is -2.52. The smallest absolute Gasteiger partial charge is 0.239 e. The Labute approximate surface area is 122 Å². The lowest BCUT2D eigenvalue weighted by Gasteiger charge is -2.37. The van der Waals surface area contributed by atoms with Crippen LogP contribution in [0.25, 0.3) is 0 Å². The van der Waals surface area contributed by atoms with E-state index in [-0.39, 0.29) is 23.8 Å². The first-order chi connectivity index (χ1) is 9.53. The van der Waals surface area contributed by atoms with Crippen LogP contribution in [0.3, 0.4) is 0 Å². The summed E-state index contributed by atoms with van der Waals surface area (Å²) in [6.45, 7) is 9.25.